The van der Waals surface area contributed by atoms with E-state index in [0.29, 0.717) is 0 Å². The van der Waals surface area contributed by atoms with E-state index >= 15 is 0 Å². The standard InChI is InChI=1S/C61H40N2/c1-2-12-40(13-3-1)41-24-26-42(27-25-41)43-15-10-17-50(35-43)62-58-22-8-6-20-53(58)55-32-30-46(38-60(55)62)47-31-33-56-54-21-7-9-23-59(54)63(61(56)39-47)51-18-11-16-44(36-51)45-28-29-49-34-48-14-4-5-19-52(48)57(49)37-45/h1-33,35-39H,34H2. The predicted octanol–water partition coefficient (Wildman–Crippen LogP) is 16.1. The Balaban J connectivity index is 0.925. The molecule has 0 atom stereocenters. The number of fused-ring (bicyclic) bond motifs is 9. The Morgan fingerprint density at radius 1 is 0.238 bits per heavy atom. The van der Waals surface area contributed by atoms with Crippen LogP contribution in [0.5, 0.6) is 0 Å². The Morgan fingerprint density at radius 2 is 0.651 bits per heavy atom. The summed E-state index contributed by atoms with van der Waals surface area (Å²) in [5, 5.41) is 5.00. The molecule has 10 aromatic carbocycles. The van der Waals surface area contributed by atoms with Crippen molar-refractivity contribution in [3.63, 3.8) is 0 Å². The molecule has 0 unspecified atom stereocenters. The summed E-state index contributed by atoms with van der Waals surface area (Å²) in [5.41, 5.74) is 22.3. The molecule has 0 aliphatic heterocycles. The highest BCUT2D eigenvalue weighted by molar-refractivity contribution is 6.12. The minimum absolute atomic E-state index is 1.00. The summed E-state index contributed by atoms with van der Waals surface area (Å²) in [6.07, 6.45) is 1.00. The first-order chi connectivity index (χ1) is 31.2. The van der Waals surface area contributed by atoms with Crippen molar-refractivity contribution in [2.24, 2.45) is 0 Å². The first kappa shape index (κ1) is 35.5. The summed E-state index contributed by atoms with van der Waals surface area (Å²) in [5.74, 6) is 0. The van der Waals surface area contributed by atoms with Gasteiger partial charge in [-0.15, -0.1) is 0 Å². The van der Waals surface area contributed by atoms with Crippen LogP contribution in [0.1, 0.15) is 11.1 Å². The summed E-state index contributed by atoms with van der Waals surface area (Å²) in [7, 11) is 0. The van der Waals surface area contributed by atoms with Gasteiger partial charge in [0.15, 0.2) is 0 Å². The number of para-hydroxylation sites is 2. The molecule has 2 heteroatoms. The molecule has 2 heterocycles. The number of hydrogen-bond donors (Lipinski definition) is 0. The van der Waals surface area contributed by atoms with Crippen molar-refractivity contribution in [2.75, 3.05) is 0 Å². The number of rotatable bonds is 6. The maximum absolute atomic E-state index is 2.45. The van der Waals surface area contributed by atoms with Crippen LogP contribution in [-0.2, 0) is 6.42 Å². The van der Waals surface area contributed by atoms with E-state index in [9.17, 15) is 0 Å². The minimum atomic E-state index is 1.00. The SMILES string of the molecule is c1ccc(-c2ccc(-c3cccc(-n4c5ccccc5c5ccc(-c6ccc7c8ccccc8n(-c8cccc(-c9ccc%10c(c9)-c9ccccc9C%10)c8)c7c6)cc54)c3)cc2)cc1. The maximum Gasteiger partial charge on any atom is 0.0547 e. The summed E-state index contributed by atoms with van der Waals surface area (Å²) >= 11 is 0. The normalized spacial score (nSPS) is 12.1. The Hall–Kier alpha value is -8.20. The lowest BCUT2D eigenvalue weighted by molar-refractivity contribution is 1.18. The van der Waals surface area contributed by atoms with Gasteiger partial charge in [-0.2, -0.15) is 0 Å². The van der Waals surface area contributed by atoms with E-state index in [2.05, 4.69) is 240 Å². The van der Waals surface area contributed by atoms with Crippen LogP contribution in [0.15, 0.2) is 231 Å². The van der Waals surface area contributed by atoms with Gasteiger partial charge in [-0.1, -0.05) is 176 Å². The number of hydrogen-bond acceptors (Lipinski definition) is 0. The van der Waals surface area contributed by atoms with E-state index in [1.807, 2.05) is 0 Å². The van der Waals surface area contributed by atoms with E-state index in [1.165, 1.54) is 110 Å². The third-order valence-corrected chi connectivity index (χ3v) is 13.3. The Morgan fingerprint density at radius 3 is 1.29 bits per heavy atom. The van der Waals surface area contributed by atoms with Crippen molar-refractivity contribution in [1.82, 2.24) is 9.13 Å². The first-order valence-electron chi connectivity index (χ1n) is 21.9. The van der Waals surface area contributed by atoms with Crippen molar-refractivity contribution in [2.45, 2.75) is 6.42 Å². The smallest absolute Gasteiger partial charge is 0.0547 e. The molecule has 1 aliphatic carbocycles. The summed E-state index contributed by atoms with van der Waals surface area (Å²) in [6.45, 7) is 0. The van der Waals surface area contributed by atoms with Crippen molar-refractivity contribution >= 4 is 43.6 Å². The second kappa shape index (κ2) is 14.2. The van der Waals surface area contributed by atoms with Crippen LogP contribution in [0.25, 0.3) is 111 Å². The fourth-order valence-corrected chi connectivity index (χ4v) is 10.3. The Bertz CT molecular complexity index is 3750. The van der Waals surface area contributed by atoms with Gasteiger partial charge in [-0.25, -0.2) is 0 Å². The van der Waals surface area contributed by atoms with Crippen LogP contribution < -0.4 is 0 Å². The average molecular weight is 801 g/mol. The van der Waals surface area contributed by atoms with Gasteiger partial charge < -0.3 is 9.13 Å². The van der Waals surface area contributed by atoms with Gasteiger partial charge in [0, 0.05) is 32.9 Å². The van der Waals surface area contributed by atoms with Crippen molar-refractivity contribution in [3.8, 4) is 67.0 Å². The Kier molecular flexibility index (Phi) is 8.01. The lowest BCUT2D eigenvalue weighted by atomic mass is 9.98. The molecule has 294 valence electrons. The minimum Gasteiger partial charge on any atom is -0.309 e. The van der Waals surface area contributed by atoms with Gasteiger partial charge in [-0.3, -0.25) is 0 Å². The van der Waals surface area contributed by atoms with Crippen LogP contribution in [0.3, 0.4) is 0 Å². The predicted molar refractivity (Wildman–Crippen MR) is 265 cm³/mol. The van der Waals surface area contributed by atoms with E-state index in [0.717, 1.165) is 17.8 Å². The topological polar surface area (TPSA) is 9.86 Å². The molecule has 1 aliphatic rings. The maximum atomic E-state index is 2.45. The second-order valence-corrected chi connectivity index (χ2v) is 16.9. The molecule has 0 radical (unpaired) electrons. The largest absolute Gasteiger partial charge is 0.309 e. The van der Waals surface area contributed by atoms with Crippen LogP contribution in [0.4, 0.5) is 0 Å². The van der Waals surface area contributed by atoms with Gasteiger partial charge in [0.25, 0.3) is 0 Å². The molecule has 63 heavy (non-hydrogen) atoms. The molecular weight excluding hydrogens is 761 g/mol. The quantitative estimate of drug-likeness (QED) is 0.159. The highest BCUT2D eigenvalue weighted by Gasteiger charge is 2.20. The van der Waals surface area contributed by atoms with Gasteiger partial charge in [-0.05, 0) is 128 Å². The molecule has 0 bridgehead atoms. The lowest BCUT2D eigenvalue weighted by Gasteiger charge is -2.13. The molecule has 12 aromatic rings. The zero-order chi connectivity index (χ0) is 41.4. The molecule has 0 spiro atoms. The van der Waals surface area contributed by atoms with Crippen molar-refractivity contribution < 1.29 is 0 Å². The van der Waals surface area contributed by atoms with Crippen LogP contribution in [-0.4, -0.2) is 9.13 Å². The molecule has 2 aromatic heterocycles. The lowest BCUT2D eigenvalue weighted by Crippen LogP contribution is -1.95. The second-order valence-electron chi connectivity index (χ2n) is 16.9. The number of benzene rings is 10. The van der Waals surface area contributed by atoms with Crippen molar-refractivity contribution in [1.29, 1.82) is 0 Å². The zero-order valence-electron chi connectivity index (χ0n) is 34.5. The van der Waals surface area contributed by atoms with Gasteiger partial charge in [0.1, 0.15) is 0 Å². The number of nitrogens with zero attached hydrogens (tertiary/aromatic N) is 2. The fraction of sp³-hybridized carbons (Fsp3) is 0.0164. The fourth-order valence-electron chi connectivity index (χ4n) is 10.3. The highest BCUT2D eigenvalue weighted by Crippen LogP contribution is 2.41. The molecule has 0 amide bonds. The van der Waals surface area contributed by atoms with E-state index in [-0.39, 0.29) is 0 Å². The molecule has 0 fully saturated rings. The van der Waals surface area contributed by atoms with E-state index < -0.39 is 0 Å². The summed E-state index contributed by atoms with van der Waals surface area (Å²) in [4.78, 5) is 0. The molecular formula is C61H40N2. The van der Waals surface area contributed by atoms with Gasteiger partial charge >= 0.3 is 0 Å². The highest BCUT2D eigenvalue weighted by atomic mass is 15.0. The molecule has 0 saturated carbocycles. The molecule has 0 N–H and O–H groups in total. The third kappa shape index (κ3) is 5.80. The average Bonchev–Trinajstić information content (AvgIpc) is 4.01. The number of aromatic nitrogens is 2. The Labute approximate surface area is 366 Å². The van der Waals surface area contributed by atoms with Crippen LogP contribution in [0, 0.1) is 0 Å². The van der Waals surface area contributed by atoms with E-state index in [4.69, 9.17) is 0 Å². The molecule has 0 saturated heterocycles. The summed E-state index contributed by atoms with van der Waals surface area (Å²) < 4.78 is 4.89. The van der Waals surface area contributed by atoms with Gasteiger partial charge in [0.05, 0.1) is 22.1 Å². The first-order valence-corrected chi connectivity index (χ1v) is 21.9. The van der Waals surface area contributed by atoms with E-state index in [1.54, 1.807) is 0 Å². The van der Waals surface area contributed by atoms with Gasteiger partial charge in [0.2, 0.25) is 0 Å². The molecule has 2 nitrogen and oxygen atoms in total. The third-order valence-electron chi connectivity index (χ3n) is 13.3. The van der Waals surface area contributed by atoms with Crippen LogP contribution >= 0.6 is 0 Å². The zero-order valence-corrected chi connectivity index (χ0v) is 34.5. The summed E-state index contributed by atoms with van der Waals surface area (Å²) in [6, 6.07) is 85.0. The van der Waals surface area contributed by atoms with Crippen LogP contribution in [0.2, 0.25) is 0 Å². The molecule has 13 rings (SSSR count). The van der Waals surface area contributed by atoms with Crippen molar-refractivity contribution in [3.05, 3.63) is 242 Å². The monoisotopic (exact) mass is 800 g/mol.